The Kier molecular flexibility index (Phi) is 5.44. The van der Waals surface area contributed by atoms with Crippen molar-refractivity contribution in [3.05, 3.63) is 70.0 Å². The summed E-state index contributed by atoms with van der Waals surface area (Å²) in [7, 11) is 1.66. The first-order chi connectivity index (χ1) is 16.2. The largest absolute Gasteiger partial charge is 0.370 e. The summed E-state index contributed by atoms with van der Waals surface area (Å²) in [6.45, 7) is 5.60. The van der Waals surface area contributed by atoms with Gasteiger partial charge in [-0.05, 0) is 23.3 Å². The number of aromatic nitrogens is 3. The fourth-order valence-electron chi connectivity index (χ4n) is 4.69. The molecule has 4 heterocycles. The van der Waals surface area contributed by atoms with Gasteiger partial charge in [0.25, 0.3) is 5.56 Å². The molecule has 0 radical (unpaired) electrons. The number of ether oxygens (including phenoxy) is 1. The zero-order valence-corrected chi connectivity index (χ0v) is 19.3. The Morgan fingerprint density at radius 2 is 2.03 bits per heavy atom. The summed E-state index contributed by atoms with van der Waals surface area (Å²) in [5.41, 5.74) is 2.85. The van der Waals surface area contributed by atoms with Gasteiger partial charge in [0.15, 0.2) is 5.82 Å². The van der Waals surface area contributed by atoms with Gasteiger partial charge in [-0.15, -0.1) is 0 Å². The summed E-state index contributed by atoms with van der Waals surface area (Å²) in [5, 5.41) is 2.95. The number of carbonyl (C=O) groups excluding carboxylic acids is 1. The molecule has 0 bridgehead atoms. The SMILES string of the molecule is Cn1c(N2CCOC(c3ccc4c(c3)C(C)(C)CC(=O)N4)C2)nc(-c2ccncc2F)cc1=O. The van der Waals surface area contributed by atoms with Crippen LogP contribution in [-0.2, 0) is 22.0 Å². The van der Waals surface area contributed by atoms with Crippen molar-refractivity contribution >= 4 is 17.5 Å². The van der Waals surface area contributed by atoms with E-state index >= 15 is 0 Å². The molecule has 2 aliphatic heterocycles. The van der Waals surface area contributed by atoms with Gasteiger partial charge < -0.3 is 15.0 Å². The van der Waals surface area contributed by atoms with Crippen LogP contribution in [0.1, 0.15) is 37.5 Å². The normalized spacial score (nSPS) is 19.5. The third-order valence-electron chi connectivity index (χ3n) is 6.53. The third kappa shape index (κ3) is 3.96. The van der Waals surface area contributed by atoms with Crippen LogP contribution in [0.4, 0.5) is 16.0 Å². The highest BCUT2D eigenvalue weighted by atomic mass is 19.1. The minimum atomic E-state index is -0.530. The lowest BCUT2D eigenvalue weighted by atomic mass is 9.77. The first kappa shape index (κ1) is 22.2. The highest BCUT2D eigenvalue weighted by molar-refractivity contribution is 5.95. The average Bonchev–Trinajstić information content (AvgIpc) is 2.80. The molecule has 1 aromatic carbocycles. The number of carbonyl (C=O) groups is 1. The number of fused-ring (bicyclic) bond motifs is 1. The van der Waals surface area contributed by atoms with Gasteiger partial charge in [0.1, 0.15) is 6.10 Å². The summed E-state index contributed by atoms with van der Waals surface area (Å²) in [6.07, 6.45) is 2.76. The van der Waals surface area contributed by atoms with E-state index in [0.29, 0.717) is 32.1 Å². The summed E-state index contributed by atoms with van der Waals surface area (Å²) < 4.78 is 21.9. The molecular formula is C25H26FN5O3. The number of pyridine rings is 1. The van der Waals surface area contributed by atoms with Crippen LogP contribution in [0.2, 0.25) is 0 Å². The molecular weight excluding hydrogens is 437 g/mol. The van der Waals surface area contributed by atoms with Crippen LogP contribution in [0, 0.1) is 5.82 Å². The topological polar surface area (TPSA) is 89.3 Å². The lowest BCUT2D eigenvalue weighted by molar-refractivity contribution is -0.117. The Bertz CT molecular complexity index is 1340. The second-order valence-electron chi connectivity index (χ2n) is 9.41. The standard InChI is InChI=1S/C25H26FN5O3/c1-25(2)12-22(32)28-19-5-4-15(10-17(19)25)21-14-31(8-9-34-21)24-29-20(11-23(33)30(24)3)16-6-7-27-13-18(16)26/h4-7,10-11,13,21H,8-9,12,14H2,1-3H3,(H,28,32). The summed E-state index contributed by atoms with van der Waals surface area (Å²) >= 11 is 0. The lowest BCUT2D eigenvalue weighted by Gasteiger charge is -2.36. The molecule has 0 spiro atoms. The average molecular weight is 464 g/mol. The van der Waals surface area contributed by atoms with Gasteiger partial charge in [0, 0.05) is 48.9 Å². The van der Waals surface area contributed by atoms with Crippen molar-refractivity contribution < 1.29 is 13.9 Å². The number of morpholine rings is 1. The van der Waals surface area contributed by atoms with Gasteiger partial charge >= 0.3 is 0 Å². The fourth-order valence-corrected chi connectivity index (χ4v) is 4.69. The molecule has 1 amide bonds. The second kappa shape index (κ2) is 8.32. The highest BCUT2D eigenvalue weighted by Crippen LogP contribution is 2.39. The van der Waals surface area contributed by atoms with E-state index in [9.17, 15) is 14.0 Å². The van der Waals surface area contributed by atoms with Crippen molar-refractivity contribution in [1.82, 2.24) is 14.5 Å². The summed E-state index contributed by atoms with van der Waals surface area (Å²) in [5.74, 6) is -0.0572. The molecule has 1 fully saturated rings. The van der Waals surface area contributed by atoms with Gasteiger partial charge in [-0.3, -0.25) is 19.1 Å². The van der Waals surface area contributed by atoms with Crippen LogP contribution in [0.25, 0.3) is 11.3 Å². The zero-order chi connectivity index (χ0) is 24.0. The number of hydrogen-bond acceptors (Lipinski definition) is 6. The van der Waals surface area contributed by atoms with Crippen LogP contribution in [0.3, 0.4) is 0 Å². The van der Waals surface area contributed by atoms with Gasteiger partial charge in [0.2, 0.25) is 11.9 Å². The van der Waals surface area contributed by atoms with Crippen LogP contribution in [-0.4, -0.2) is 40.1 Å². The monoisotopic (exact) mass is 463 g/mol. The number of anilines is 2. The molecule has 9 heteroatoms. The molecule has 8 nitrogen and oxygen atoms in total. The molecule has 5 rings (SSSR count). The Labute approximate surface area is 196 Å². The second-order valence-corrected chi connectivity index (χ2v) is 9.41. The van der Waals surface area contributed by atoms with Crippen molar-refractivity contribution in [2.45, 2.75) is 31.8 Å². The van der Waals surface area contributed by atoms with E-state index in [4.69, 9.17) is 4.74 Å². The Balaban J connectivity index is 1.48. The van der Waals surface area contributed by atoms with Gasteiger partial charge in [0.05, 0.1) is 25.0 Å². The van der Waals surface area contributed by atoms with Crippen LogP contribution < -0.4 is 15.8 Å². The molecule has 34 heavy (non-hydrogen) atoms. The molecule has 1 atom stereocenters. The maximum atomic E-state index is 14.3. The van der Waals surface area contributed by atoms with Gasteiger partial charge in [-0.2, -0.15) is 0 Å². The van der Waals surface area contributed by atoms with Crippen molar-refractivity contribution in [1.29, 1.82) is 0 Å². The number of rotatable bonds is 3. The number of amides is 1. The minimum absolute atomic E-state index is 0.0165. The van der Waals surface area contributed by atoms with E-state index in [1.54, 1.807) is 7.05 Å². The first-order valence-electron chi connectivity index (χ1n) is 11.2. The molecule has 1 N–H and O–H groups in total. The lowest BCUT2D eigenvalue weighted by Crippen LogP contribution is -2.42. The predicted molar refractivity (Wildman–Crippen MR) is 126 cm³/mol. The number of halogens is 1. The zero-order valence-electron chi connectivity index (χ0n) is 19.3. The Morgan fingerprint density at radius 3 is 2.82 bits per heavy atom. The van der Waals surface area contributed by atoms with E-state index in [0.717, 1.165) is 23.0 Å². The summed E-state index contributed by atoms with van der Waals surface area (Å²) in [6, 6.07) is 8.82. The number of hydrogen-bond donors (Lipinski definition) is 1. The Morgan fingerprint density at radius 1 is 1.21 bits per heavy atom. The molecule has 2 aromatic heterocycles. The smallest absolute Gasteiger partial charge is 0.255 e. The van der Waals surface area contributed by atoms with E-state index < -0.39 is 5.82 Å². The fraction of sp³-hybridized carbons (Fsp3) is 0.360. The molecule has 0 aliphatic carbocycles. The highest BCUT2D eigenvalue weighted by Gasteiger charge is 2.33. The van der Waals surface area contributed by atoms with E-state index in [2.05, 4.69) is 35.2 Å². The van der Waals surface area contributed by atoms with Crippen LogP contribution >= 0.6 is 0 Å². The van der Waals surface area contributed by atoms with Gasteiger partial charge in [-0.25, -0.2) is 9.37 Å². The maximum Gasteiger partial charge on any atom is 0.255 e. The molecule has 1 unspecified atom stereocenters. The molecule has 0 saturated carbocycles. The third-order valence-corrected chi connectivity index (χ3v) is 6.53. The van der Waals surface area contributed by atoms with E-state index in [-0.39, 0.29) is 34.2 Å². The van der Waals surface area contributed by atoms with Crippen molar-refractivity contribution in [3.63, 3.8) is 0 Å². The maximum absolute atomic E-state index is 14.3. The van der Waals surface area contributed by atoms with E-state index in [1.165, 1.54) is 22.9 Å². The number of benzene rings is 1. The molecule has 176 valence electrons. The Hall–Kier alpha value is -3.59. The van der Waals surface area contributed by atoms with Gasteiger partial charge in [-0.1, -0.05) is 26.0 Å². The molecule has 2 aliphatic rings. The van der Waals surface area contributed by atoms with Crippen molar-refractivity contribution in [3.8, 4) is 11.3 Å². The van der Waals surface area contributed by atoms with Crippen molar-refractivity contribution in [2.75, 3.05) is 29.9 Å². The molecule has 1 saturated heterocycles. The minimum Gasteiger partial charge on any atom is -0.370 e. The molecule has 3 aromatic rings. The van der Waals surface area contributed by atoms with Crippen molar-refractivity contribution in [2.24, 2.45) is 7.05 Å². The first-order valence-corrected chi connectivity index (χ1v) is 11.2. The summed E-state index contributed by atoms with van der Waals surface area (Å²) in [4.78, 5) is 35.1. The van der Waals surface area contributed by atoms with Crippen LogP contribution in [0.5, 0.6) is 0 Å². The quantitative estimate of drug-likeness (QED) is 0.642. The number of nitrogens with zero attached hydrogens (tertiary/aromatic N) is 4. The van der Waals surface area contributed by atoms with E-state index in [1.807, 2.05) is 17.0 Å². The number of nitrogens with one attached hydrogen (secondary N) is 1. The van der Waals surface area contributed by atoms with Crippen LogP contribution in [0.15, 0.2) is 47.5 Å². The predicted octanol–water partition coefficient (Wildman–Crippen LogP) is 3.18.